The monoisotopic (exact) mass is 313 g/mol. The number of aryl methyl sites for hydroxylation is 1. The molecule has 0 unspecified atom stereocenters. The fraction of sp³-hybridized carbons (Fsp3) is 0.467. The summed E-state index contributed by atoms with van der Waals surface area (Å²) in [5.74, 6) is -1.07. The van der Waals surface area contributed by atoms with Gasteiger partial charge in [0, 0.05) is 0 Å². The Morgan fingerprint density at radius 1 is 1.43 bits per heavy atom. The van der Waals surface area contributed by atoms with Crippen LogP contribution in [0.2, 0.25) is 5.02 Å². The molecule has 0 spiro atoms. The molecule has 0 aliphatic rings. The standard InChI is InChI=1S/C15H20ClNO4/c1-3-4-11(18)8-15(20)21-9-14(19)17-13-6-5-10(2)7-12(13)16/h5-7,11,18H,3-4,8-9H2,1-2H3,(H,17,19)/t11-/m0/s1. The first-order valence-electron chi connectivity index (χ1n) is 6.82. The van der Waals surface area contributed by atoms with Gasteiger partial charge in [-0.1, -0.05) is 31.0 Å². The Balaban J connectivity index is 2.38. The summed E-state index contributed by atoms with van der Waals surface area (Å²) < 4.78 is 4.80. The summed E-state index contributed by atoms with van der Waals surface area (Å²) in [4.78, 5) is 23.1. The third kappa shape index (κ3) is 6.60. The molecule has 0 aliphatic heterocycles. The van der Waals surface area contributed by atoms with E-state index in [1.807, 2.05) is 19.9 Å². The van der Waals surface area contributed by atoms with Crippen molar-refractivity contribution < 1.29 is 19.4 Å². The van der Waals surface area contributed by atoms with Crippen molar-refractivity contribution in [3.05, 3.63) is 28.8 Å². The normalized spacial score (nSPS) is 11.8. The lowest BCUT2D eigenvalue weighted by atomic mass is 10.1. The zero-order valence-electron chi connectivity index (χ0n) is 12.2. The number of esters is 1. The summed E-state index contributed by atoms with van der Waals surface area (Å²) in [6, 6.07) is 5.22. The molecule has 1 atom stereocenters. The van der Waals surface area contributed by atoms with E-state index in [0.717, 1.165) is 12.0 Å². The molecule has 0 aromatic heterocycles. The molecule has 0 heterocycles. The second kappa shape index (κ2) is 8.64. The molecule has 0 bridgehead atoms. The number of halogens is 1. The number of aliphatic hydroxyl groups is 1. The highest BCUT2D eigenvalue weighted by Gasteiger charge is 2.13. The van der Waals surface area contributed by atoms with Gasteiger partial charge in [-0.3, -0.25) is 9.59 Å². The molecule has 5 nitrogen and oxygen atoms in total. The minimum atomic E-state index is -0.725. The zero-order chi connectivity index (χ0) is 15.8. The van der Waals surface area contributed by atoms with Crippen LogP contribution in [-0.2, 0) is 14.3 Å². The van der Waals surface area contributed by atoms with Gasteiger partial charge in [0.2, 0.25) is 0 Å². The number of amides is 1. The average Bonchev–Trinajstić information content (AvgIpc) is 2.40. The predicted octanol–water partition coefficient (Wildman–Crippen LogP) is 2.68. The van der Waals surface area contributed by atoms with Crippen LogP contribution in [0.4, 0.5) is 5.69 Å². The maximum atomic E-state index is 11.7. The number of carbonyl (C=O) groups is 2. The number of carbonyl (C=O) groups excluding carboxylic acids is 2. The molecule has 0 fully saturated rings. The van der Waals surface area contributed by atoms with E-state index in [1.54, 1.807) is 12.1 Å². The Kier molecular flexibility index (Phi) is 7.19. The van der Waals surface area contributed by atoms with Gasteiger partial charge in [0.05, 0.1) is 23.2 Å². The van der Waals surface area contributed by atoms with Crippen LogP contribution >= 0.6 is 11.6 Å². The van der Waals surface area contributed by atoms with Gasteiger partial charge in [-0.05, 0) is 31.0 Å². The number of nitrogens with one attached hydrogen (secondary N) is 1. The van der Waals surface area contributed by atoms with Gasteiger partial charge in [-0.15, -0.1) is 0 Å². The summed E-state index contributed by atoms with van der Waals surface area (Å²) in [5, 5.41) is 12.4. The zero-order valence-corrected chi connectivity index (χ0v) is 12.9. The Morgan fingerprint density at radius 3 is 2.76 bits per heavy atom. The molecule has 6 heteroatoms. The number of hydrogen-bond donors (Lipinski definition) is 2. The van der Waals surface area contributed by atoms with Gasteiger partial charge in [0.25, 0.3) is 5.91 Å². The predicted molar refractivity (Wildman–Crippen MR) is 81.3 cm³/mol. The summed E-state index contributed by atoms with van der Waals surface area (Å²) in [5.41, 5.74) is 1.45. The van der Waals surface area contributed by atoms with Gasteiger partial charge in [0.1, 0.15) is 0 Å². The second-order valence-corrected chi connectivity index (χ2v) is 5.25. The third-order valence-electron chi connectivity index (χ3n) is 2.79. The lowest BCUT2D eigenvalue weighted by Gasteiger charge is -2.10. The topological polar surface area (TPSA) is 75.6 Å². The Bertz CT molecular complexity index is 504. The molecule has 1 aromatic carbocycles. The molecule has 0 saturated heterocycles. The van der Waals surface area contributed by atoms with Crippen LogP contribution in [-0.4, -0.2) is 29.7 Å². The van der Waals surface area contributed by atoms with E-state index in [-0.39, 0.29) is 6.42 Å². The van der Waals surface area contributed by atoms with E-state index in [0.29, 0.717) is 17.1 Å². The van der Waals surface area contributed by atoms with E-state index < -0.39 is 24.6 Å². The first kappa shape index (κ1) is 17.5. The molecule has 2 N–H and O–H groups in total. The van der Waals surface area contributed by atoms with Crippen molar-refractivity contribution in [3.63, 3.8) is 0 Å². The Labute approximate surface area is 129 Å². The lowest BCUT2D eigenvalue weighted by molar-refractivity contribution is -0.149. The summed E-state index contributed by atoms with van der Waals surface area (Å²) in [6.45, 7) is 3.40. The number of anilines is 1. The number of benzene rings is 1. The highest BCUT2D eigenvalue weighted by Crippen LogP contribution is 2.22. The minimum absolute atomic E-state index is 0.105. The van der Waals surface area contributed by atoms with Gasteiger partial charge in [-0.25, -0.2) is 0 Å². The van der Waals surface area contributed by atoms with Crippen LogP contribution in [0.5, 0.6) is 0 Å². The maximum Gasteiger partial charge on any atom is 0.308 e. The quantitative estimate of drug-likeness (QED) is 0.759. The summed E-state index contributed by atoms with van der Waals surface area (Å²) in [7, 11) is 0. The SMILES string of the molecule is CCC[C@H](O)CC(=O)OCC(=O)Nc1ccc(C)cc1Cl. The molecule has 1 rings (SSSR count). The summed E-state index contributed by atoms with van der Waals surface area (Å²) >= 11 is 5.98. The van der Waals surface area contributed by atoms with Crippen LogP contribution < -0.4 is 5.32 Å². The Morgan fingerprint density at radius 2 is 2.14 bits per heavy atom. The second-order valence-electron chi connectivity index (χ2n) is 4.84. The van der Waals surface area contributed by atoms with Crippen molar-refractivity contribution in [2.75, 3.05) is 11.9 Å². The van der Waals surface area contributed by atoms with Gasteiger partial charge in [0.15, 0.2) is 6.61 Å². The molecule has 0 aliphatic carbocycles. The molecule has 1 aromatic rings. The molecular weight excluding hydrogens is 294 g/mol. The van der Waals surface area contributed by atoms with Crippen molar-refractivity contribution in [2.45, 2.75) is 39.2 Å². The highest BCUT2D eigenvalue weighted by molar-refractivity contribution is 6.33. The number of aliphatic hydroxyl groups excluding tert-OH is 1. The smallest absolute Gasteiger partial charge is 0.308 e. The molecular formula is C15H20ClNO4. The molecule has 1 amide bonds. The lowest BCUT2D eigenvalue weighted by Crippen LogP contribution is -2.23. The van der Waals surface area contributed by atoms with Crippen LogP contribution in [0.15, 0.2) is 18.2 Å². The van der Waals surface area contributed by atoms with Crippen LogP contribution in [0, 0.1) is 6.92 Å². The van der Waals surface area contributed by atoms with Crippen molar-refractivity contribution in [2.24, 2.45) is 0 Å². The molecule has 116 valence electrons. The maximum absolute atomic E-state index is 11.7. The van der Waals surface area contributed by atoms with E-state index >= 15 is 0 Å². The van der Waals surface area contributed by atoms with Gasteiger partial charge in [-0.2, -0.15) is 0 Å². The van der Waals surface area contributed by atoms with Crippen LogP contribution in [0.25, 0.3) is 0 Å². The largest absolute Gasteiger partial charge is 0.455 e. The average molecular weight is 314 g/mol. The van der Waals surface area contributed by atoms with Gasteiger partial charge < -0.3 is 15.2 Å². The third-order valence-corrected chi connectivity index (χ3v) is 3.10. The van der Waals surface area contributed by atoms with Crippen molar-refractivity contribution >= 4 is 29.2 Å². The highest BCUT2D eigenvalue weighted by atomic mass is 35.5. The van der Waals surface area contributed by atoms with Crippen LogP contribution in [0.1, 0.15) is 31.7 Å². The molecule has 0 radical (unpaired) electrons. The fourth-order valence-electron chi connectivity index (χ4n) is 1.74. The van der Waals surface area contributed by atoms with E-state index in [9.17, 15) is 14.7 Å². The fourth-order valence-corrected chi connectivity index (χ4v) is 2.02. The number of hydrogen-bond acceptors (Lipinski definition) is 4. The van der Waals surface area contributed by atoms with Crippen molar-refractivity contribution in [1.29, 1.82) is 0 Å². The number of ether oxygens (including phenoxy) is 1. The van der Waals surface area contributed by atoms with E-state index in [2.05, 4.69) is 5.32 Å². The number of rotatable bonds is 7. The Hall–Kier alpha value is -1.59. The van der Waals surface area contributed by atoms with Crippen LogP contribution in [0.3, 0.4) is 0 Å². The van der Waals surface area contributed by atoms with Crippen molar-refractivity contribution in [3.8, 4) is 0 Å². The summed E-state index contributed by atoms with van der Waals surface area (Å²) in [6.07, 6.45) is 0.477. The van der Waals surface area contributed by atoms with Crippen molar-refractivity contribution in [1.82, 2.24) is 0 Å². The van der Waals surface area contributed by atoms with E-state index in [1.165, 1.54) is 0 Å². The molecule has 21 heavy (non-hydrogen) atoms. The first-order chi connectivity index (χ1) is 9.92. The first-order valence-corrected chi connectivity index (χ1v) is 7.19. The molecule has 0 saturated carbocycles. The minimum Gasteiger partial charge on any atom is -0.455 e. The van der Waals surface area contributed by atoms with E-state index in [4.69, 9.17) is 16.3 Å². The van der Waals surface area contributed by atoms with Gasteiger partial charge >= 0.3 is 5.97 Å².